The van der Waals surface area contributed by atoms with Crippen LogP contribution in [0, 0.1) is 0 Å². The molecule has 8 nitrogen and oxygen atoms in total. The number of rotatable bonds is 3. The second kappa shape index (κ2) is 6.80. The first kappa shape index (κ1) is 19.1. The van der Waals surface area contributed by atoms with E-state index in [1.165, 1.54) is 28.7 Å². The third-order valence-electron chi connectivity index (χ3n) is 4.21. The number of amides is 1. The number of H-pyrrole nitrogens is 1. The smallest absolute Gasteiger partial charge is 0.276 e. The van der Waals surface area contributed by atoms with E-state index in [0.29, 0.717) is 0 Å². The van der Waals surface area contributed by atoms with Gasteiger partial charge in [0.1, 0.15) is 4.90 Å². The first-order valence-corrected chi connectivity index (χ1v) is 9.96. The molecule has 1 aromatic heterocycles. The van der Waals surface area contributed by atoms with Gasteiger partial charge in [0, 0.05) is 30.2 Å². The molecular formula is C15H17Cl2N5O3S. The van der Waals surface area contributed by atoms with Crippen LogP contribution in [0.15, 0.2) is 29.3 Å². The number of aromatic amines is 1. The van der Waals surface area contributed by atoms with Crippen molar-refractivity contribution in [2.24, 2.45) is 0 Å². The molecule has 0 bridgehead atoms. The van der Waals surface area contributed by atoms with Gasteiger partial charge in [-0.3, -0.25) is 9.89 Å². The van der Waals surface area contributed by atoms with E-state index in [0.717, 1.165) is 0 Å². The van der Waals surface area contributed by atoms with E-state index in [1.807, 2.05) is 0 Å². The molecule has 0 saturated carbocycles. The Kier molecular flexibility index (Phi) is 5.00. The minimum atomic E-state index is -3.88. The van der Waals surface area contributed by atoms with Crippen LogP contribution in [0.5, 0.6) is 0 Å². The first-order chi connectivity index (χ1) is 12.1. The minimum Gasteiger partial charge on any atom is -0.334 e. The van der Waals surface area contributed by atoms with E-state index < -0.39 is 15.6 Å². The van der Waals surface area contributed by atoms with Crippen molar-refractivity contribution in [3.63, 3.8) is 0 Å². The first-order valence-electron chi connectivity index (χ1n) is 7.76. The third-order valence-corrected chi connectivity index (χ3v) is 7.04. The van der Waals surface area contributed by atoms with Crippen LogP contribution < -0.4 is 0 Å². The summed E-state index contributed by atoms with van der Waals surface area (Å²) >= 11 is 12.0. The van der Waals surface area contributed by atoms with Gasteiger partial charge in [0.15, 0.2) is 5.69 Å². The summed E-state index contributed by atoms with van der Waals surface area (Å²) in [4.78, 5) is 14.0. The van der Waals surface area contributed by atoms with E-state index in [1.54, 1.807) is 18.7 Å². The summed E-state index contributed by atoms with van der Waals surface area (Å²) in [5.74, 6) is -0.301. The molecule has 0 radical (unpaired) electrons. The normalized spacial score (nSPS) is 18.1. The van der Waals surface area contributed by atoms with Crippen molar-refractivity contribution < 1.29 is 13.2 Å². The zero-order valence-corrected chi connectivity index (χ0v) is 16.4. The number of benzene rings is 1. The van der Waals surface area contributed by atoms with Gasteiger partial charge in [0.2, 0.25) is 10.0 Å². The number of sulfonamides is 1. The van der Waals surface area contributed by atoms with Crippen LogP contribution in [0.1, 0.15) is 24.3 Å². The molecular weight excluding hydrogens is 401 g/mol. The summed E-state index contributed by atoms with van der Waals surface area (Å²) < 4.78 is 27.6. The molecule has 0 atom stereocenters. The fourth-order valence-corrected chi connectivity index (χ4v) is 5.52. The number of hydrogen-bond donors (Lipinski definition) is 1. The number of nitrogens with one attached hydrogen (secondary N) is 1. The number of carbonyl (C=O) groups excluding carboxylic acids is 1. The van der Waals surface area contributed by atoms with Crippen LogP contribution in [-0.2, 0) is 10.0 Å². The van der Waals surface area contributed by atoms with Gasteiger partial charge in [0.25, 0.3) is 5.91 Å². The second-order valence-electron chi connectivity index (χ2n) is 6.55. The van der Waals surface area contributed by atoms with Gasteiger partial charge in [-0.1, -0.05) is 28.4 Å². The van der Waals surface area contributed by atoms with Gasteiger partial charge in [-0.25, -0.2) is 8.42 Å². The quantitative estimate of drug-likeness (QED) is 0.823. The van der Waals surface area contributed by atoms with Gasteiger partial charge in [-0.15, -0.1) is 5.10 Å². The van der Waals surface area contributed by atoms with Gasteiger partial charge in [-0.05, 0) is 32.0 Å². The molecule has 0 aliphatic carbocycles. The second-order valence-corrected chi connectivity index (χ2v) is 9.22. The predicted molar refractivity (Wildman–Crippen MR) is 96.7 cm³/mol. The Morgan fingerprint density at radius 3 is 2.62 bits per heavy atom. The number of hydrogen-bond acceptors (Lipinski definition) is 5. The summed E-state index contributed by atoms with van der Waals surface area (Å²) in [6.07, 6.45) is 1.41. The Morgan fingerprint density at radius 2 is 2.00 bits per heavy atom. The van der Waals surface area contributed by atoms with Gasteiger partial charge in [-0.2, -0.15) is 4.31 Å². The van der Waals surface area contributed by atoms with Crippen LogP contribution in [0.3, 0.4) is 0 Å². The van der Waals surface area contributed by atoms with Crippen molar-refractivity contribution in [2.75, 3.05) is 19.6 Å². The highest BCUT2D eigenvalue weighted by atomic mass is 35.5. The van der Waals surface area contributed by atoms with Crippen LogP contribution in [0.4, 0.5) is 0 Å². The molecule has 1 amide bonds. The lowest BCUT2D eigenvalue weighted by molar-refractivity contribution is 0.0489. The Balaban J connectivity index is 1.88. The van der Waals surface area contributed by atoms with Crippen molar-refractivity contribution in [3.05, 3.63) is 40.1 Å². The van der Waals surface area contributed by atoms with Crippen molar-refractivity contribution in [1.29, 1.82) is 0 Å². The van der Waals surface area contributed by atoms with Crippen LogP contribution in [0.25, 0.3) is 0 Å². The fourth-order valence-electron chi connectivity index (χ4n) is 3.02. The van der Waals surface area contributed by atoms with Crippen LogP contribution >= 0.6 is 23.2 Å². The largest absolute Gasteiger partial charge is 0.334 e. The minimum absolute atomic E-state index is 0.0454. The molecule has 140 valence electrons. The topological polar surface area (TPSA) is 99.3 Å². The van der Waals surface area contributed by atoms with Crippen molar-refractivity contribution in [3.8, 4) is 0 Å². The third kappa shape index (κ3) is 3.44. The van der Waals surface area contributed by atoms with E-state index in [4.69, 9.17) is 23.2 Å². The van der Waals surface area contributed by atoms with E-state index in [-0.39, 0.29) is 46.2 Å². The number of nitrogens with zero attached hydrogens (tertiary/aromatic N) is 4. The standard InChI is InChI=1S/C15H17Cl2N5O3S/c1-15(2)9-21(14(23)12-8-18-20-19-12)5-6-22(15)26(24,25)13-7-10(16)3-4-11(13)17/h3-4,7-8H,5-6,9H2,1-2H3,(H,18,19,20). The van der Waals surface area contributed by atoms with Crippen LogP contribution in [0.2, 0.25) is 10.0 Å². The lowest BCUT2D eigenvalue weighted by atomic mass is 10.0. The molecule has 1 N–H and O–H groups in total. The number of halogens is 2. The van der Waals surface area contributed by atoms with E-state index >= 15 is 0 Å². The Bertz CT molecular complexity index is 931. The van der Waals surface area contributed by atoms with Crippen molar-refractivity contribution in [1.82, 2.24) is 24.6 Å². The van der Waals surface area contributed by atoms with Gasteiger partial charge >= 0.3 is 0 Å². The Labute approximate surface area is 161 Å². The molecule has 0 spiro atoms. The van der Waals surface area contributed by atoms with E-state index in [2.05, 4.69) is 15.4 Å². The number of piperazine rings is 1. The Morgan fingerprint density at radius 1 is 1.27 bits per heavy atom. The summed E-state index contributed by atoms with van der Waals surface area (Å²) in [5.41, 5.74) is -0.655. The predicted octanol–water partition coefficient (Wildman–Crippen LogP) is 2.04. The molecule has 1 aliphatic heterocycles. The molecule has 1 aliphatic rings. The number of aromatic nitrogens is 3. The molecule has 2 aromatic rings. The molecule has 11 heteroatoms. The highest BCUT2D eigenvalue weighted by Crippen LogP contribution is 2.33. The lowest BCUT2D eigenvalue weighted by Gasteiger charge is -2.45. The van der Waals surface area contributed by atoms with Crippen molar-refractivity contribution >= 4 is 39.1 Å². The van der Waals surface area contributed by atoms with Gasteiger partial charge in [0.05, 0.1) is 11.2 Å². The number of carbonyl (C=O) groups is 1. The fraction of sp³-hybridized carbons (Fsp3) is 0.400. The highest BCUT2D eigenvalue weighted by molar-refractivity contribution is 7.89. The molecule has 1 fully saturated rings. The SMILES string of the molecule is CC1(C)CN(C(=O)c2c[nH]nn2)CCN1S(=O)(=O)c1cc(Cl)ccc1Cl. The van der Waals surface area contributed by atoms with Crippen molar-refractivity contribution in [2.45, 2.75) is 24.3 Å². The molecule has 1 aromatic carbocycles. The molecule has 2 heterocycles. The molecule has 3 rings (SSSR count). The Hall–Kier alpha value is -1.68. The maximum Gasteiger partial charge on any atom is 0.276 e. The molecule has 0 unspecified atom stereocenters. The maximum atomic E-state index is 13.1. The van der Waals surface area contributed by atoms with E-state index in [9.17, 15) is 13.2 Å². The molecule has 26 heavy (non-hydrogen) atoms. The summed E-state index contributed by atoms with van der Waals surface area (Å²) in [7, 11) is -3.88. The average molecular weight is 418 g/mol. The highest BCUT2D eigenvalue weighted by Gasteiger charge is 2.43. The zero-order chi connectivity index (χ0) is 19.1. The summed E-state index contributed by atoms with van der Waals surface area (Å²) in [5, 5.41) is 10.1. The maximum absolute atomic E-state index is 13.1. The van der Waals surface area contributed by atoms with Gasteiger partial charge < -0.3 is 4.90 Å². The van der Waals surface area contributed by atoms with Crippen LogP contribution in [-0.4, -0.2) is 64.1 Å². The summed E-state index contributed by atoms with van der Waals surface area (Å²) in [6, 6.07) is 4.32. The summed E-state index contributed by atoms with van der Waals surface area (Å²) in [6.45, 7) is 4.07. The molecule has 1 saturated heterocycles. The monoisotopic (exact) mass is 417 g/mol. The zero-order valence-electron chi connectivity index (χ0n) is 14.1. The lowest BCUT2D eigenvalue weighted by Crippen LogP contribution is -2.61. The average Bonchev–Trinajstić information content (AvgIpc) is 3.09.